The van der Waals surface area contributed by atoms with Gasteiger partial charge in [0.1, 0.15) is 11.6 Å². The van der Waals surface area contributed by atoms with Crippen LogP contribution in [0.2, 0.25) is 0 Å². The number of nitrogens with zero attached hydrogens (tertiary/aromatic N) is 2. The third-order valence-corrected chi connectivity index (χ3v) is 5.60. The molecule has 0 saturated carbocycles. The SMILES string of the molecule is CCCN(Cc1cc(NC(=O)Cc2ccc(OC)cc2)ccc1N(C)C)C(=O)c1ccc(F)cc1. The second kappa shape index (κ2) is 12.0. The predicted octanol–water partition coefficient (Wildman–Crippen LogP) is 5.13. The number of carbonyl (C=O) groups excluding carboxylic acids is 2. The Morgan fingerprint density at radius 3 is 2.26 bits per heavy atom. The first-order chi connectivity index (χ1) is 16.8. The molecule has 1 N–H and O–H groups in total. The van der Waals surface area contributed by atoms with Crippen LogP contribution in [0.5, 0.6) is 5.75 Å². The summed E-state index contributed by atoms with van der Waals surface area (Å²) in [5.41, 5.74) is 3.84. The lowest BCUT2D eigenvalue weighted by atomic mass is 10.1. The number of anilines is 2. The van der Waals surface area contributed by atoms with E-state index in [-0.39, 0.29) is 24.1 Å². The van der Waals surface area contributed by atoms with Crippen molar-refractivity contribution in [1.82, 2.24) is 4.90 Å². The lowest BCUT2D eigenvalue weighted by Gasteiger charge is -2.26. The van der Waals surface area contributed by atoms with Crippen LogP contribution in [0, 0.1) is 5.82 Å². The van der Waals surface area contributed by atoms with Crippen molar-refractivity contribution in [3.63, 3.8) is 0 Å². The molecule has 35 heavy (non-hydrogen) atoms. The molecule has 0 saturated heterocycles. The second-order valence-electron chi connectivity index (χ2n) is 8.54. The van der Waals surface area contributed by atoms with Crippen molar-refractivity contribution >= 4 is 23.2 Å². The zero-order valence-corrected chi connectivity index (χ0v) is 20.7. The summed E-state index contributed by atoms with van der Waals surface area (Å²) in [6.45, 7) is 2.92. The fourth-order valence-corrected chi connectivity index (χ4v) is 3.86. The molecule has 0 aromatic heterocycles. The van der Waals surface area contributed by atoms with E-state index < -0.39 is 0 Å². The Morgan fingerprint density at radius 2 is 1.66 bits per heavy atom. The number of hydrogen-bond donors (Lipinski definition) is 1. The van der Waals surface area contributed by atoms with Gasteiger partial charge < -0.3 is 19.9 Å². The fraction of sp³-hybridized carbons (Fsp3) is 0.286. The van der Waals surface area contributed by atoms with Crippen LogP contribution in [0.1, 0.15) is 34.8 Å². The van der Waals surface area contributed by atoms with Crippen molar-refractivity contribution in [2.24, 2.45) is 0 Å². The summed E-state index contributed by atoms with van der Waals surface area (Å²) in [7, 11) is 5.48. The van der Waals surface area contributed by atoms with E-state index in [2.05, 4.69) is 5.32 Å². The maximum atomic E-state index is 13.3. The third-order valence-electron chi connectivity index (χ3n) is 5.60. The van der Waals surface area contributed by atoms with Crippen molar-refractivity contribution in [3.8, 4) is 5.75 Å². The van der Waals surface area contributed by atoms with Gasteiger partial charge in [-0.25, -0.2) is 4.39 Å². The molecule has 0 heterocycles. The molecule has 0 spiro atoms. The van der Waals surface area contributed by atoms with Crippen LogP contribution >= 0.6 is 0 Å². The highest BCUT2D eigenvalue weighted by Crippen LogP contribution is 2.26. The van der Waals surface area contributed by atoms with Crippen LogP contribution in [-0.4, -0.2) is 44.5 Å². The van der Waals surface area contributed by atoms with Crippen molar-refractivity contribution < 1.29 is 18.7 Å². The maximum absolute atomic E-state index is 13.3. The van der Waals surface area contributed by atoms with Crippen molar-refractivity contribution in [3.05, 3.63) is 89.2 Å². The van der Waals surface area contributed by atoms with Gasteiger partial charge in [-0.15, -0.1) is 0 Å². The van der Waals surface area contributed by atoms with Crippen molar-refractivity contribution in [2.45, 2.75) is 26.3 Å². The van der Waals surface area contributed by atoms with Crippen molar-refractivity contribution in [2.75, 3.05) is 38.0 Å². The Bertz CT molecular complexity index is 1150. The normalized spacial score (nSPS) is 10.5. The van der Waals surface area contributed by atoms with E-state index in [0.29, 0.717) is 24.3 Å². The number of ether oxygens (including phenoxy) is 1. The van der Waals surface area contributed by atoms with E-state index in [4.69, 9.17) is 4.74 Å². The van der Waals surface area contributed by atoms with Crippen LogP contribution in [0.4, 0.5) is 15.8 Å². The molecule has 0 bridgehead atoms. The molecule has 2 amide bonds. The van der Waals surface area contributed by atoms with Crippen LogP contribution in [0.15, 0.2) is 66.7 Å². The summed E-state index contributed by atoms with van der Waals surface area (Å²) in [5.74, 6) is 0.0680. The van der Waals surface area contributed by atoms with Gasteiger partial charge in [-0.3, -0.25) is 9.59 Å². The summed E-state index contributed by atoms with van der Waals surface area (Å²) in [5, 5.41) is 2.96. The molecule has 0 fully saturated rings. The van der Waals surface area contributed by atoms with Gasteiger partial charge in [-0.05, 0) is 72.1 Å². The molecule has 3 rings (SSSR count). The van der Waals surface area contributed by atoms with Crippen LogP contribution in [0.3, 0.4) is 0 Å². The molecule has 6 nitrogen and oxygen atoms in total. The molecular formula is C28H32FN3O3. The average molecular weight is 478 g/mol. The van der Waals surface area contributed by atoms with E-state index in [1.165, 1.54) is 24.3 Å². The number of nitrogens with one attached hydrogen (secondary N) is 1. The van der Waals surface area contributed by atoms with E-state index in [1.54, 1.807) is 12.0 Å². The highest BCUT2D eigenvalue weighted by Gasteiger charge is 2.18. The van der Waals surface area contributed by atoms with Gasteiger partial charge >= 0.3 is 0 Å². The summed E-state index contributed by atoms with van der Waals surface area (Å²) in [6, 6.07) is 18.7. The highest BCUT2D eigenvalue weighted by molar-refractivity contribution is 5.94. The monoisotopic (exact) mass is 477 g/mol. The van der Waals surface area contributed by atoms with Gasteiger partial charge in [-0.2, -0.15) is 0 Å². The van der Waals surface area contributed by atoms with Gasteiger partial charge in [-0.1, -0.05) is 19.1 Å². The average Bonchev–Trinajstić information content (AvgIpc) is 2.84. The van der Waals surface area contributed by atoms with Gasteiger partial charge in [0.25, 0.3) is 5.91 Å². The topological polar surface area (TPSA) is 61.9 Å². The Balaban J connectivity index is 1.79. The lowest BCUT2D eigenvalue weighted by molar-refractivity contribution is -0.115. The van der Waals surface area contributed by atoms with E-state index >= 15 is 0 Å². The second-order valence-corrected chi connectivity index (χ2v) is 8.54. The molecule has 7 heteroatoms. The largest absolute Gasteiger partial charge is 0.497 e. The molecule has 3 aromatic carbocycles. The number of halogens is 1. The van der Waals surface area contributed by atoms with Crippen LogP contribution < -0.4 is 15.0 Å². The predicted molar refractivity (Wildman–Crippen MR) is 138 cm³/mol. The zero-order chi connectivity index (χ0) is 25.4. The first-order valence-electron chi connectivity index (χ1n) is 11.6. The first-order valence-corrected chi connectivity index (χ1v) is 11.6. The number of benzene rings is 3. The standard InChI is InChI=1S/C28H32FN3O3/c1-5-16-32(28(34)21-8-10-23(29)11-9-21)19-22-18-24(12-15-26(22)31(2)3)30-27(33)17-20-6-13-25(35-4)14-7-20/h6-15,18H,5,16-17,19H2,1-4H3,(H,30,33). The Hall–Kier alpha value is -3.87. The maximum Gasteiger partial charge on any atom is 0.254 e. The minimum Gasteiger partial charge on any atom is -0.497 e. The molecule has 3 aromatic rings. The molecule has 0 aliphatic carbocycles. The van der Waals surface area contributed by atoms with Crippen LogP contribution in [-0.2, 0) is 17.8 Å². The molecule has 0 unspecified atom stereocenters. The molecule has 0 radical (unpaired) electrons. The molecule has 0 atom stereocenters. The minimum absolute atomic E-state index is 0.133. The number of carbonyl (C=O) groups is 2. The van der Waals surface area contributed by atoms with Crippen LogP contribution in [0.25, 0.3) is 0 Å². The van der Waals surface area contributed by atoms with Gasteiger partial charge in [0.05, 0.1) is 13.5 Å². The summed E-state index contributed by atoms with van der Waals surface area (Å²) in [4.78, 5) is 29.5. The molecule has 0 aliphatic rings. The number of hydrogen-bond acceptors (Lipinski definition) is 4. The van der Waals surface area contributed by atoms with E-state index in [9.17, 15) is 14.0 Å². The number of methoxy groups -OCH3 is 1. The summed E-state index contributed by atoms with van der Waals surface area (Å²) >= 11 is 0. The Kier molecular flexibility index (Phi) is 8.84. The molecule has 0 aliphatic heterocycles. The molecule has 184 valence electrons. The third kappa shape index (κ3) is 7.06. The Morgan fingerprint density at radius 1 is 0.971 bits per heavy atom. The molecular weight excluding hydrogens is 445 g/mol. The van der Waals surface area contributed by atoms with Gasteiger partial charge in [0, 0.05) is 44.1 Å². The first kappa shape index (κ1) is 25.7. The smallest absolute Gasteiger partial charge is 0.254 e. The van der Waals surface area contributed by atoms with E-state index in [0.717, 1.165) is 29.0 Å². The van der Waals surface area contributed by atoms with Gasteiger partial charge in [0.2, 0.25) is 5.91 Å². The Labute approximate surface area is 206 Å². The quantitative estimate of drug-likeness (QED) is 0.440. The minimum atomic E-state index is -0.378. The fourth-order valence-electron chi connectivity index (χ4n) is 3.86. The van der Waals surface area contributed by atoms with Crippen molar-refractivity contribution in [1.29, 1.82) is 0 Å². The number of amides is 2. The zero-order valence-electron chi connectivity index (χ0n) is 20.7. The van der Waals surface area contributed by atoms with Gasteiger partial charge in [0.15, 0.2) is 0 Å². The number of rotatable bonds is 10. The summed E-state index contributed by atoms with van der Waals surface area (Å²) < 4.78 is 18.5. The lowest BCUT2D eigenvalue weighted by Crippen LogP contribution is -2.32. The summed E-state index contributed by atoms with van der Waals surface area (Å²) in [6.07, 6.45) is 1.02. The van der Waals surface area contributed by atoms with E-state index in [1.807, 2.05) is 68.4 Å². The highest BCUT2D eigenvalue weighted by atomic mass is 19.1.